The summed E-state index contributed by atoms with van der Waals surface area (Å²) >= 11 is 5.94. The number of hydrogen-bond acceptors (Lipinski definition) is 3. The summed E-state index contributed by atoms with van der Waals surface area (Å²) in [7, 11) is 0. The van der Waals surface area contributed by atoms with Crippen molar-refractivity contribution >= 4 is 17.5 Å². The van der Waals surface area contributed by atoms with E-state index in [-0.39, 0.29) is 11.9 Å². The Morgan fingerprint density at radius 3 is 2.67 bits per heavy atom. The first-order valence-corrected chi connectivity index (χ1v) is 7.67. The fourth-order valence-corrected chi connectivity index (χ4v) is 2.86. The Balaban J connectivity index is 1.87. The molecular formula is C16H20ClN3O. The van der Waals surface area contributed by atoms with Gasteiger partial charge >= 0.3 is 0 Å². The number of nitrogens with zero attached hydrogens (tertiary/aromatic N) is 3. The molecule has 1 heterocycles. The van der Waals surface area contributed by atoms with Gasteiger partial charge in [-0.2, -0.15) is 5.26 Å². The van der Waals surface area contributed by atoms with Gasteiger partial charge in [-0.3, -0.25) is 9.69 Å². The molecule has 112 valence electrons. The van der Waals surface area contributed by atoms with Gasteiger partial charge < -0.3 is 4.90 Å². The minimum Gasteiger partial charge on any atom is -0.340 e. The van der Waals surface area contributed by atoms with E-state index in [0.717, 1.165) is 25.1 Å². The molecule has 1 aliphatic rings. The molecule has 2 rings (SSSR count). The summed E-state index contributed by atoms with van der Waals surface area (Å²) in [6, 6.07) is 9.71. The van der Waals surface area contributed by atoms with E-state index < -0.39 is 0 Å². The second-order valence-electron chi connectivity index (χ2n) is 5.28. The molecule has 4 nitrogen and oxygen atoms in total. The number of carbonyl (C=O) groups is 1. The van der Waals surface area contributed by atoms with Crippen LogP contribution in [0.5, 0.6) is 0 Å². The molecule has 1 aromatic carbocycles. The van der Waals surface area contributed by atoms with Crippen LogP contribution in [0.4, 0.5) is 0 Å². The third-order valence-corrected chi connectivity index (χ3v) is 4.12. The normalized spacial score (nSPS) is 17.3. The predicted molar refractivity (Wildman–Crippen MR) is 83.0 cm³/mol. The number of nitriles is 1. The summed E-state index contributed by atoms with van der Waals surface area (Å²) in [6.07, 6.45) is 1.21. The second-order valence-corrected chi connectivity index (χ2v) is 5.71. The van der Waals surface area contributed by atoms with Crippen molar-refractivity contribution in [2.75, 3.05) is 26.2 Å². The number of rotatable bonds is 4. The van der Waals surface area contributed by atoms with Crippen LogP contribution in [0, 0.1) is 11.3 Å². The molecule has 0 N–H and O–H groups in total. The van der Waals surface area contributed by atoms with Gasteiger partial charge in [0.1, 0.15) is 0 Å². The lowest BCUT2D eigenvalue weighted by atomic mass is 10.1. The first-order chi connectivity index (χ1) is 10.1. The summed E-state index contributed by atoms with van der Waals surface area (Å²) in [5, 5.41) is 9.75. The molecule has 5 heteroatoms. The minimum atomic E-state index is -0.0322. The van der Waals surface area contributed by atoms with Gasteiger partial charge in [0.05, 0.1) is 18.5 Å². The van der Waals surface area contributed by atoms with E-state index in [0.29, 0.717) is 24.5 Å². The monoisotopic (exact) mass is 305 g/mol. The molecule has 1 atom stereocenters. The Bertz CT molecular complexity index is 533. The van der Waals surface area contributed by atoms with Crippen LogP contribution in [0.2, 0.25) is 5.02 Å². The lowest BCUT2D eigenvalue weighted by Gasteiger charge is -2.36. The van der Waals surface area contributed by atoms with E-state index in [9.17, 15) is 4.79 Å². The molecule has 0 bridgehead atoms. The zero-order valence-corrected chi connectivity index (χ0v) is 13.0. The Morgan fingerprint density at radius 1 is 1.38 bits per heavy atom. The first-order valence-electron chi connectivity index (χ1n) is 7.30. The number of benzene rings is 1. The summed E-state index contributed by atoms with van der Waals surface area (Å²) in [6.45, 7) is 4.94. The average molecular weight is 306 g/mol. The number of amides is 1. The number of piperazine rings is 1. The van der Waals surface area contributed by atoms with Gasteiger partial charge in [-0.25, -0.2) is 0 Å². The fourth-order valence-electron chi connectivity index (χ4n) is 2.65. The summed E-state index contributed by atoms with van der Waals surface area (Å²) in [5.74, 6) is 0.127. The van der Waals surface area contributed by atoms with Gasteiger partial charge in [-0.1, -0.05) is 30.7 Å². The number of hydrogen-bond donors (Lipinski definition) is 0. The van der Waals surface area contributed by atoms with Gasteiger partial charge in [0.2, 0.25) is 5.91 Å². The van der Waals surface area contributed by atoms with E-state index in [2.05, 4.69) is 11.0 Å². The quantitative estimate of drug-likeness (QED) is 0.858. The molecule has 0 aliphatic carbocycles. The highest BCUT2D eigenvalue weighted by Gasteiger charge is 2.25. The molecule has 0 saturated carbocycles. The van der Waals surface area contributed by atoms with Crippen LogP contribution in [0.1, 0.15) is 18.9 Å². The fraction of sp³-hybridized carbons (Fsp3) is 0.500. The molecule has 0 aromatic heterocycles. The van der Waals surface area contributed by atoms with Gasteiger partial charge in [-0.15, -0.1) is 0 Å². The Kier molecular flexibility index (Phi) is 5.60. The predicted octanol–water partition coefficient (Wildman–Crippen LogP) is 2.33. The maximum absolute atomic E-state index is 12.3. The highest BCUT2D eigenvalue weighted by molar-refractivity contribution is 6.30. The highest BCUT2D eigenvalue weighted by Crippen LogP contribution is 2.14. The standard InChI is InChI=1S/C16H20ClN3O/c1-2-15(12-18)19-6-8-20(9-7-19)16(21)11-13-4-3-5-14(17)10-13/h3-5,10,15H,2,6-9,11H2,1H3. The largest absolute Gasteiger partial charge is 0.340 e. The maximum Gasteiger partial charge on any atom is 0.227 e. The van der Waals surface area contributed by atoms with Crippen LogP contribution in [-0.2, 0) is 11.2 Å². The van der Waals surface area contributed by atoms with E-state index in [1.807, 2.05) is 30.0 Å². The van der Waals surface area contributed by atoms with E-state index >= 15 is 0 Å². The van der Waals surface area contributed by atoms with E-state index in [1.54, 1.807) is 6.07 Å². The molecular weight excluding hydrogens is 286 g/mol. The van der Waals surface area contributed by atoms with E-state index in [4.69, 9.17) is 16.9 Å². The van der Waals surface area contributed by atoms with Crippen molar-refractivity contribution in [1.29, 1.82) is 5.26 Å². The SMILES string of the molecule is CCC(C#N)N1CCN(C(=O)Cc2cccc(Cl)c2)CC1. The molecule has 1 amide bonds. The summed E-state index contributed by atoms with van der Waals surface area (Å²) < 4.78 is 0. The third-order valence-electron chi connectivity index (χ3n) is 3.89. The molecule has 0 spiro atoms. The molecule has 1 unspecified atom stereocenters. The van der Waals surface area contributed by atoms with Crippen molar-refractivity contribution in [3.8, 4) is 6.07 Å². The number of carbonyl (C=O) groups excluding carboxylic acids is 1. The second kappa shape index (κ2) is 7.44. The zero-order chi connectivity index (χ0) is 15.2. The lowest BCUT2D eigenvalue weighted by molar-refractivity contribution is -0.132. The van der Waals surface area contributed by atoms with Crippen LogP contribution in [-0.4, -0.2) is 47.9 Å². The Labute approximate surface area is 130 Å². The molecule has 21 heavy (non-hydrogen) atoms. The molecule has 1 aromatic rings. The molecule has 1 aliphatic heterocycles. The minimum absolute atomic E-state index is 0.0322. The Hall–Kier alpha value is -1.57. The lowest BCUT2D eigenvalue weighted by Crippen LogP contribution is -2.51. The smallest absolute Gasteiger partial charge is 0.227 e. The average Bonchev–Trinajstić information content (AvgIpc) is 2.49. The van der Waals surface area contributed by atoms with Crippen LogP contribution in [0.3, 0.4) is 0 Å². The molecule has 1 saturated heterocycles. The van der Waals surface area contributed by atoms with Crippen LogP contribution in [0.15, 0.2) is 24.3 Å². The highest BCUT2D eigenvalue weighted by atomic mass is 35.5. The number of halogens is 1. The first kappa shape index (κ1) is 15.8. The van der Waals surface area contributed by atoms with Crippen molar-refractivity contribution in [2.45, 2.75) is 25.8 Å². The van der Waals surface area contributed by atoms with Crippen molar-refractivity contribution in [3.63, 3.8) is 0 Å². The van der Waals surface area contributed by atoms with Crippen molar-refractivity contribution in [3.05, 3.63) is 34.9 Å². The topological polar surface area (TPSA) is 47.3 Å². The van der Waals surface area contributed by atoms with E-state index in [1.165, 1.54) is 0 Å². The van der Waals surface area contributed by atoms with Gasteiger partial charge in [0.15, 0.2) is 0 Å². The maximum atomic E-state index is 12.3. The summed E-state index contributed by atoms with van der Waals surface area (Å²) in [4.78, 5) is 16.3. The van der Waals surface area contributed by atoms with Crippen LogP contribution < -0.4 is 0 Å². The summed E-state index contributed by atoms with van der Waals surface area (Å²) in [5.41, 5.74) is 0.943. The van der Waals surface area contributed by atoms with Gasteiger partial charge in [-0.05, 0) is 24.1 Å². The van der Waals surface area contributed by atoms with Gasteiger partial charge in [0.25, 0.3) is 0 Å². The van der Waals surface area contributed by atoms with Crippen molar-refractivity contribution in [2.24, 2.45) is 0 Å². The van der Waals surface area contributed by atoms with Crippen molar-refractivity contribution < 1.29 is 4.79 Å². The Morgan fingerprint density at radius 2 is 2.10 bits per heavy atom. The third kappa shape index (κ3) is 4.20. The zero-order valence-electron chi connectivity index (χ0n) is 12.3. The van der Waals surface area contributed by atoms with Crippen LogP contribution in [0.25, 0.3) is 0 Å². The molecule has 0 radical (unpaired) electrons. The van der Waals surface area contributed by atoms with Crippen LogP contribution >= 0.6 is 11.6 Å². The molecule has 1 fully saturated rings. The van der Waals surface area contributed by atoms with Gasteiger partial charge in [0, 0.05) is 31.2 Å². The van der Waals surface area contributed by atoms with Crippen molar-refractivity contribution in [1.82, 2.24) is 9.80 Å².